The number of amides is 2. The quantitative estimate of drug-likeness (QED) is 0.522. The van der Waals surface area contributed by atoms with Gasteiger partial charge >= 0.3 is 0 Å². The lowest BCUT2D eigenvalue weighted by molar-refractivity contribution is -0.128. The molecule has 0 radical (unpaired) electrons. The topological polar surface area (TPSA) is 78.7 Å². The Kier molecular flexibility index (Phi) is 10.1. The van der Waals surface area contributed by atoms with Crippen LogP contribution in [0.25, 0.3) is 0 Å². The number of hydrogen-bond donors (Lipinski definition) is 2. The predicted octanol–water partition coefficient (Wildman–Crippen LogP) is 4.89. The highest BCUT2D eigenvalue weighted by atomic mass is 16.2. The third kappa shape index (κ3) is 7.79. The summed E-state index contributed by atoms with van der Waals surface area (Å²) in [6.07, 6.45) is 12.1. The van der Waals surface area contributed by atoms with Gasteiger partial charge < -0.3 is 16.0 Å². The molecule has 3 N–H and O–H groups in total. The van der Waals surface area contributed by atoms with Crippen molar-refractivity contribution in [3.05, 3.63) is 35.4 Å². The van der Waals surface area contributed by atoms with Gasteiger partial charge in [-0.1, -0.05) is 50.8 Å². The summed E-state index contributed by atoms with van der Waals surface area (Å²) in [6.45, 7) is 9.43. The lowest BCUT2D eigenvalue weighted by Gasteiger charge is -2.45. The Bertz CT molecular complexity index is 872. The first kappa shape index (κ1) is 28.1. The molecule has 4 rings (SSSR count). The average Bonchev–Trinajstić information content (AvgIpc) is 2.89. The van der Waals surface area contributed by atoms with E-state index < -0.39 is 6.04 Å². The van der Waals surface area contributed by atoms with E-state index in [1.54, 1.807) is 0 Å². The predicted molar refractivity (Wildman–Crippen MR) is 150 cm³/mol. The minimum absolute atomic E-state index is 0.0211. The molecule has 2 atom stereocenters. The van der Waals surface area contributed by atoms with Crippen LogP contribution < -0.4 is 11.1 Å². The van der Waals surface area contributed by atoms with E-state index in [4.69, 9.17) is 5.73 Å². The van der Waals surface area contributed by atoms with Gasteiger partial charge in [0.2, 0.25) is 5.91 Å². The fraction of sp³-hybridized carbons (Fsp3) is 0.742. The highest BCUT2D eigenvalue weighted by molar-refractivity contribution is 5.97. The van der Waals surface area contributed by atoms with Gasteiger partial charge in [-0.05, 0) is 82.3 Å². The first-order chi connectivity index (χ1) is 17.8. The van der Waals surface area contributed by atoms with Gasteiger partial charge in [0, 0.05) is 43.3 Å². The van der Waals surface area contributed by atoms with E-state index in [9.17, 15) is 9.59 Å². The first-order valence-electron chi connectivity index (χ1n) is 15.0. The standard InChI is InChI=1S/C31H50N4O2/c1-22(2)20-34(21-24-7-5-4-6-8-24)28-17-18-35(31(37)25-11-9-23(3)10-12-25)29(19-28)30(36)33-27-15-13-26(32)14-16-27/h9-12,22,24,26-29H,4-8,13-21,32H2,1-3H3,(H,33,36)/t26?,27?,28?,29-/m1/s1. The summed E-state index contributed by atoms with van der Waals surface area (Å²) in [5, 5.41) is 3.33. The number of nitrogens with zero attached hydrogens (tertiary/aromatic N) is 2. The van der Waals surface area contributed by atoms with Crippen molar-refractivity contribution < 1.29 is 9.59 Å². The number of nitrogens with two attached hydrogens (primary N) is 1. The molecule has 6 nitrogen and oxygen atoms in total. The van der Waals surface area contributed by atoms with Crippen LogP contribution in [0, 0.1) is 18.8 Å². The van der Waals surface area contributed by atoms with Crippen molar-refractivity contribution >= 4 is 11.8 Å². The Morgan fingerprint density at radius 3 is 2.32 bits per heavy atom. The van der Waals surface area contributed by atoms with Crippen molar-refractivity contribution in [2.24, 2.45) is 17.6 Å². The Morgan fingerprint density at radius 2 is 1.68 bits per heavy atom. The normalized spacial score (nSPS) is 27.5. The minimum atomic E-state index is -0.427. The fourth-order valence-corrected chi connectivity index (χ4v) is 6.74. The molecule has 0 bridgehead atoms. The molecule has 2 saturated carbocycles. The second-order valence-electron chi connectivity index (χ2n) is 12.5. The minimum Gasteiger partial charge on any atom is -0.352 e. The van der Waals surface area contributed by atoms with Crippen LogP contribution in [-0.2, 0) is 4.79 Å². The number of carbonyl (C=O) groups is 2. The Morgan fingerprint density at radius 1 is 1.00 bits per heavy atom. The summed E-state index contributed by atoms with van der Waals surface area (Å²) < 4.78 is 0. The van der Waals surface area contributed by atoms with Gasteiger partial charge in [-0.15, -0.1) is 0 Å². The third-order valence-corrected chi connectivity index (χ3v) is 8.89. The Balaban J connectivity index is 1.51. The van der Waals surface area contributed by atoms with Gasteiger partial charge in [0.25, 0.3) is 5.91 Å². The van der Waals surface area contributed by atoms with E-state index >= 15 is 0 Å². The largest absolute Gasteiger partial charge is 0.352 e. The smallest absolute Gasteiger partial charge is 0.254 e. The van der Waals surface area contributed by atoms with E-state index in [0.29, 0.717) is 24.1 Å². The molecule has 0 spiro atoms. The lowest BCUT2D eigenvalue weighted by atomic mass is 9.87. The lowest BCUT2D eigenvalue weighted by Crippen LogP contribution is -2.59. The molecule has 1 aromatic rings. The number of benzene rings is 1. The number of nitrogens with one attached hydrogen (secondary N) is 1. The molecule has 1 aliphatic heterocycles. The Labute approximate surface area is 224 Å². The monoisotopic (exact) mass is 510 g/mol. The molecule has 37 heavy (non-hydrogen) atoms. The highest BCUT2D eigenvalue weighted by Crippen LogP contribution is 2.30. The van der Waals surface area contributed by atoms with Crippen molar-refractivity contribution in [3.8, 4) is 0 Å². The molecule has 1 unspecified atom stereocenters. The van der Waals surface area contributed by atoms with Crippen LogP contribution in [0.5, 0.6) is 0 Å². The van der Waals surface area contributed by atoms with Gasteiger partial charge in [0.1, 0.15) is 6.04 Å². The van der Waals surface area contributed by atoms with Gasteiger partial charge in [0.05, 0.1) is 0 Å². The molecule has 3 aliphatic rings. The van der Waals surface area contributed by atoms with Crippen molar-refractivity contribution in [2.75, 3.05) is 19.6 Å². The van der Waals surface area contributed by atoms with Crippen molar-refractivity contribution in [1.82, 2.24) is 15.1 Å². The molecule has 1 heterocycles. The molecule has 1 saturated heterocycles. The maximum atomic E-state index is 13.8. The van der Waals surface area contributed by atoms with Gasteiger partial charge in [-0.2, -0.15) is 0 Å². The zero-order chi connectivity index (χ0) is 26.4. The van der Waals surface area contributed by atoms with Crippen LogP contribution >= 0.6 is 0 Å². The van der Waals surface area contributed by atoms with Crippen LogP contribution in [0.4, 0.5) is 0 Å². The van der Waals surface area contributed by atoms with Crippen molar-refractivity contribution in [1.29, 1.82) is 0 Å². The number of likely N-dealkylation sites (tertiary alicyclic amines) is 1. The summed E-state index contributed by atoms with van der Waals surface area (Å²) in [5.41, 5.74) is 7.91. The second kappa shape index (κ2) is 13.2. The maximum Gasteiger partial charge on any atom is 0.254 e. The molecule has 2 aliphatic carbocycles. The molecule has 3 fully saturated rings. The molecular weight excluding hydrogens is 460 g/mol. The van der Waals surface area contributed by atoms with Gasteiger partial charge in [-0.3, -0.25) is 14.5 Å². The summed E-state index contributed by atoms with van der Waals surface area (Å²) in [5.74, 6) is 1.34. The van der Waals surface area contributed by atoms with Crippen LogP contribution in [0.3, 0.4) is 0 Å². The van der Waals surface area contributed by atoms with Gasteiger partial charge in [-0.25, -0.2) is 0 Å². The van der Waals surface area contributed by atoms with Gasteiger partial charge in [0.15, 0.2) is 0 Å². The third-order valence-electron chi connectivity index (χ3n) is 8.89. The second-order valence-corrected chi connectivity index (χ2v) is 12.5. The average molecular weight is 511 g/mol. The highest BCUT2D eigenvalue weighted by Gasteiger charge is 2.40. The van der Waals surface area contributed by atoms with Crippen molar-refractivity contribution in [3.63, 3.8) is 0 Å². The summed E-state index contributed by atoms with van der Waals surface area (Å²) >= 11 is 0. The molecular formula is C31H50N4O2. The maximum absolute atomic E-state index is 13.8. The summed E-state index contributed by atoms with van der Waals surface area (Å²) in [7, 11) is 0. The summed E-state index contributed by atoms with van der Waals surface area (Å²) in [6, 6.07) is 8.08. The van der Waals surface area contributed by atoms with E-state index in [-0.39, 0.29) is 23.9 Å². The zero-order valence-corrected chi connectivity index (χ0v) is 23.5. The SMILES string of the molecule is Cc1ccc(C(=O)N2CCC(N(CC(C)C)CC3CCCCC3)C[C@@H]2C(=O)NC2CCC(N)CC2)cc1. The first-order valence-corrected chi connectivity index (χ1v) is 15.0. The zero-order valence-electron chi connectivity index (χ0n) is 23.5. The van der Waals surface area contributed by atoms with Crippen LogP contribution in [-0.4, -0.2) is 65.4 Å². The van der Waals surface area contributed by atoms with Crippen LogP contribution in [0.15, 0.2) is 24.3 Å². The number of carbonyl (C=O) groups excluding carboxylic acids is 2. The molecule has 1 aromatic carbocycles. The number of hydrogen-bond acceptors (Lipinski definition) is 4. The number of aryl methyl sites for hydroxylation is 1. The summed E-state index contributed by atoms with van der Waals surface area (Å²) in [4.78, 5) is 32.0. The fourth-order valence-electron chi connectivity index (χ4n) is 6.74. The van der Waals surface area contributed by atoms with E-state index in [0.717, 1.165) is 63.1 Å². The molecule has 0 aromatic heterocycles. The van der Waals surface area contributed by atoms with Crippen LogP contribution in [0.1, 0.15) is 100 Å². The molecule has 2 amide bonds. The number of rotatable bonds is 8. The number of piperidine rings is 1. The molecule has 6 heteroatoms. The van der Waals surface area contributed by atoms with E-state index in [1.165, 1.54) is 32.1 Å². The van der Waals surface area contributed by atoms with E-state index in [1.807, 2.05) is 36.1 Å². The van der Waals surface area contributed by atoms with E-state index in [2.05, 4.69) is 24.1 Å². The molecule has 206 valence electrons. The van der Waals surface area contributed by atoms with Crippen LogP contribution in [0.2, 0.25) is 0 Å². The van der Waals surface area contributed by atoms with Crippen molar-refractivity contribution in [2.45, 2.75) is 116 Å². The Hall–Kier alpha value is -1.92.